The number of hydrogen-bond donors (Lipinski definition) is 1. The van der Waals surface area contributed by atoms with E-state index in [0.717, 1.165) is 16.5 Å². The Hall–Kier alpha value is -2.34. The number of aromatic carboxylic acids is 1. The number of nitro benzene ring substituents is 1. The predicted molar refractivity (Wildman–Crippen MR) is 75.4 cm³/mol. The van der Waals surface area contributed by atoms with Crippen molar-refractivity contribution in [2.45, 2.75) is 16.7 Å². The van der Waals surface area contributed by atoms with Gasteiger partial charge in [0.15, 0.2) is 0 Å². The van der Waals surface area contributed by atoms with Gasteiger partial charge in [-0.1, -0.05) is 29.5 Å². The van der Waals surface area contributed by atoms with Crippen LogP contribution in [0.3, 0.4) is 0 Å². The fourth-order valence-electron chi connectivity index (χ4n) is 1.62. The fraction of sp³-hybridized carbons (Fsp3) is 0.0714. The molecule has 0 aliphatic carbocycles. The first kappa shape index (κ1) is 14.1. The van der Waals surface area contributed by atoms with Gasteiger partial charge in [-0.2, -0.15) is 0 Å². The van der Waals surface area contributed by atoms with Crippen LogP contribution in [0.2, 0.25) is 0 Å². The summed E-state index contributed by atoms with van der Waals surface area (Å²) in [7, 11) is 0. The number of carbonyl (C=O) groups is 1. The molecule has 20 heavy (non-hydrogen) atoms. The van der Waals surface area contributed by atoms with Crippen molar-refractivity contribution in [3.8, 4) is 0 Å². The van der Waals surface area contributed by atoms with E-state index < -0.39 is 10.9 Å². The van der Waals surface area contributed by atoms with Crippen molar-refractivity contribution in [2.75, 3.05) is 0 Å². The molecule has 0 atom stereocenters. The van der Waals surface area contributed by atoms with Gasteiger partial charge >= 0.3 is 5.97 Å². The van der Waals surface area contributed by atoms with Crippen LogP contribution in [-0.4, -0.2) is 16.0 Å². The van der Waals surface area contributed by atoms with E-state index in [0.29, 0.717) is 4.90 Å². The van der Waals surface area contributed by atoms with Gasteiger partial charge in [-0.3, -0.25) is 10.1 Å². The molecule has 1 N–H and O–H groups in total. The van der Waals surface area contributed by atoms with E-state index in [-0.39, 0.29) is 11.3 Å². The van der Waals surface area contributed by atoms with Crippen molar-refractivity contribution in [1.82, 2.24) is 0 Å². The summed E-state index contributed by atoms with van der Waals surface area (Å²) in [6.45, 7) is 1.96. The largest absolute Gasteiger partial charge is 0.478 e. The Balaban J connectivity index is 2.38. The van der Waals surface area contributed by atoms with Crippen LogP contribution in [0.5, 0.6) is 0 Å². The third-order valence-corrected chi connectivity index (χ3v) is 3.74. The van der Waals surface area contributed by atoms with Crippen LogP contribution in [-0.2, 0) is 0 Å². The summed E-state index contributed by atoms with van der Waals surface area (Å²) in [5.41, 5.74) is 0.817. The zero-order valence-electron chi connectivity index (χ0n) is 10.6. The van der Waals surface area contributed by atoms with Gasteiger partial charge in [-0.25, -0.2) is 4.79 Å². The molecule has 0 aliphatic rings. The molecule has 0 radical (unpaired) electrons. The van der Waals surface area contributed by atoms with E-state index in [4.69, 9.17) is 5.11 Å². The number of carboxylic acid groups (broad SMARTS) is 1. The molecule has 2 aromatic rings. The molecule has 5 nitrogen and oxygen atoms in total. The highest BCUT2D eigenvalue weighted by Gasteiger charge is 2.16. The normalized spacial score (nSPS) is 10.2. The molecule has 2 aromatic carbocycles. The molecule has 0 saturated carbocycles. The molecule has 0 spiro atoms. The van der Waals surface area contributed by atoms with Crippen molar-refractivity contribution in [3.63, 3.8) is 0 Å². The Bertz CT molecular complexity index is 667. The second kappa shape index (κ2) is 5.75. The third-order valence-electron chi connectivity index (χ3n) is 2.65. The summed E-state index contributed by atoms with van der Waals surface area (Å²) < 4.78 is 0. The smallest absolute Gasteiger partial charge is 0.337 e. The molecule has 0 bridgehead atoms. The number of carboxylic acids is 1. The van der Waals surface area contributed by atoms with Gasteiger partial charge in [-0.05, 0) is 25.1 Å². The molecule has 0 saturated heterocycles. The number of nitro groups is 1. The lowest BCUT2D eigenvalue weighted by atomic mass is 10.2. The highest BCUT2D eigenvalue weighted by atomic mass is 32.2. The third kappa shape index (κ3) is 3.16. The standard InChI is InChI=1S/C14H11NO4S/c1-9-2-5-11(6-3-9)20-13-7-4-10(15(18)19)8-12(13)14(16)17/h2-8H,1H3,(H,16,17). The molecule has 102 valence electrons. The first-order valence-electron chi connectivity index (χ1n) is 5.73. The molecule has 0 aliphatic heterocycles. The maximum Gasteiger partial charge on any atom is 0.337 e. The molecule has 0 unspecified atom stereocenters. The van der Waals surface area contributed by atoms with E-state index >= 15 is 0 Å². The lowest BCUT2D eigenvalue weighted by Crippen LogP contribution is -2.00. The zero-order chi connectivity index (χ0) is 14.7. The Morgan fingerprint density at radius 2 is 1.85 bits per heavy atom. The van der Waals surface area contributed by atoms with E-state index in [2.05, 4.69) is 0 Å². The quantitative estimate of drug-likeness (QED) is 0.684. The summed E-state index contributed by atoms with van der Waals surface area (Å²) in [5.74, 6) is -1.18. The molecular weight excluding hydrogens is 278 g/mol. The van der Waals surface area contributed by atoms with Crippen LogP contribution < -0.4 is 0 Å². The van der Waals surface area contributed by atoms with E-state index in [9.17, 15) is 14.9 Å². The molecule has 2 rings (SSSR count). The van der Waals surface area contributed by atoms with Crippen LogP contribution in [0, 0.1) is 17.0 Å². The lowest BCUT2D eigenvalue weighted by molar-refractivity contribution is -0.384. The van der Waals surface area contributed by atoms with Crippen molar-refractivity contribution in [1.29, 1.82) is 0 Å². The fourth-order valence-corrected chi connectivity index (χ4v) is 2.54. The van der Waals surface area contributed by atoms with Crippen LogP contribution in [0.15, 0.2) is 52.3 Å². The average Bonchev–Trinajstić information content (AvgIpc) is 2.41. The van der Waals surface area contributed by atoms with Crippen molar-refractivity contribution in [3.05, 3.63) is 63.7 Å². The van der Waals surface area contributed by atoms with Crippen molar-refractivity contribution >= 4 is 23.4 Å². The van der Waals surface area contributed by atoms with E-state index in [1.165, 1.54) is 23.9 Å². The SMILES string of the molecule is Cc1ccc(Sc2ccc([N+](=O)[O-])cc2C(=O)O)cc1. The molecule has 0 amide bonds. The second-order valence-corrected chi connectivity index (χ2v) is 5.27. The molecule has 0 fully saturated rings. The predicted octanol–water partition coefficient (Wildman–Crippen LogP) is 3.75. The van der Waals surface area contributed by atoms with Crippen LogP contribution in [0.4, 0.5) is 5.69 Å². The molecule has 0 heterocycles. The van der Waals surface area contributed by atoms with E-state index in [1.807, 2.05) is 31.2 Å². The van der Waals surface area contributed by atoms with E-state index in [1.54, 1.807) is 0 Å². The van der Waals surface area contributed by atoms with Gasteiger partial charge in [0.2, 0.25) is 0 Å². The van der Waals surface area contributed by atoms with Gasteiger partial charge in [0, 0.05) is 21.9 Å². The minimum atomic E-state index is -1.18. The Morgan fingerprint density at radius 1 is 1.20 bits per heavy atom. The maximum atomic E-state index is 11.2. The lowest BCUT2D eigenvalue weighted by Gasteiger charge is -2.06. The zero-order valence-corrected chi connectivity index (χ0v) is 11.4. The average molecular weight is 289 g/mol. The Morgan fingerprint density at radius 3 is 2.40 bits per heavy atom. The molecular formula is C14H11NO4S. The van der Waals surface area contributed by atoms with Crippen LogP contribution in [0.25, 0.3) is 0 Å². The first-order valence-corrected chi connectivity index (χ1v) is 6.55. The van der Waals surface area contributed by atoms with Gasteiger partial charge in [0.1, 0.15) is 0 Å². The second-order valence-electron chi connectivity index (χ2n) is 4.16. The minimum absolute atomic E-state index is 0.0650. The van der Waals surface area contributed by atoms with Crippen molar-refractivity contribution in [2.24, 2.45) is 0 Å². The summed E-state index contributed by atoms with van der Waals surface area (Å²) in [4.78, 5) is 22.6. The summed E-state index contributed by atoms with van der Waals surface area (Å²) in [6, 6.07) is 11.5. The van der Waals surface area contributed by atoms with Crippen molar-refractivity contribution < 1.29 is 14.8 Å². The topological polar surface area (TPSA) is 80.4 Å². The highest BCUT2D eigenvalue weighted by molar-refractivity contribution is 7.99. The Kier molecular flexibility index (Phi) is 4.05. The van der Waals surface area contributed by atoms with Gasteiger partial charge < -0.3 is 5.11 Å². The molecule has 0 aromatic heterocycles. The minimum Gasteiger partial charge on any atom is -0.478 e. The monoisotopic (exact) mass is 289 g/mol. The highest BCUT2D eigenvalue weighted by Crippen LogP contribution is 2.32. The van der Waals surface area contributed by atoms with Gasteiger partial charge in [0.05, 0.1) is 10.5 Å². The molecule has 6 heteroatoms. The van der Waals surface area contributed by atoms with Crippen LogP contribution in [0.1, 0.15) is 15.9 Å². The summed E-state index contributed by atoms with van der Waals surface area (Å²) >= 11 is 1.27. The van der Waals surface area contributed by atoms with Gasteiger partial charge in [0.25, 0.3) is 5.69 Å². The van der Waals surface area contributed by atoms with Gasteiger partial charge in [-0.15, -0.1) is 0 Å². The number of hydrogen-bond acceptors (Lipinski definition) is 4. The maximum absolute atomic E-state index is 11.2. The number of aryl methyl sites for hydroxylation is 1. The number of non-ortho nitro benzene ring substituents is 1. The Labute approximate surface area is 119 Å². The summed E-state index contributed by atoms with van der Waals surface area (Å²) in [5, 5.41) is 19.8. The first-order chi connectivity index (χ1) is 9.47. The summed E-state index contributed by atoms with van der Waals surface area (Å²) in [6.07, 6.45) is 0. The number of nitrogens with zero attached hydrogens (tertiary/aromatic N) is 1. The van der Waals surface area contributed by atoms with Crippen LogP contribution >= 0.6 is 11.8 Å². The number of rotatable bonds is 4. The number of benzene rings is 2.